The van der Waals surface area contributed by atoms with E-state index in [0.717, 1.165) is 25.3 Å². The van der Waals surface area contributed by atoms with Gasteiger partial charge in [-0.1, -0.05) is 30.3 Å². The van der Waals surface area contributed by atoms with Gasteiger partial charge in [0.05, 0.1) is 11.6 Å². The van der Waals surface area contributed by atoms with E-state index < -0.39 is 0 Å². The minimum absolute atomic E-state index is 0.173. The lowest BCUT2D eigenvalue weighted by Gasteiger charge is -2.37. The lowest BCUT2D eigenvalue weighted by molar-refractivity contribution is 0.0902. The molecule has 0 aliphatic carbocycles. The van der Waals surface area contributed by atoms with Crippen molar-refractivity contribution in [3.8, 4) is 11.8 Å². The Labute approximate surface area is 131 Å². The third kappa shape index (κ3) is 3.29. The molecule has 0 radical (unpaired) electrons. The van der Waals surface area contributed by atoms with Crippen molar-refractivity contribution in [1.29, 1.82) is 5.26 Å². The molecule has 1 fully saturated rings. The maximum absolute atomic E-state index is 8.87. The van der Waals surface area contributed by atoms with Crippen LogP contribution in [0.1, 0.15) is 23.5 Å². The number of rotatable bonds is 3. The van der Waals surface area contributed by atoms with Crippen LogP contribution in [-0.4, -0.2) is 31.1 Å². The Morgan fingerprint density at radius 3 is 2.50 bits per heavy atom. The van der Waals surface area contributed by atoms with E-state index in [1.807, 2.05) is 30.3 Å². The molecule has 0 amide bonds. The first-order chi connectivity index (χ1) is 10.8. The predicted molar refractivity (Wildman–Crippen MR) is 86.9 cm³/mol. The summed E-state index contributed by atoms with van der Waals surface area (Å²) in [6, 6.07) is 20.1. The Balaban J connectivity index is 1.79. The fourth-order valence-electron chi connectivity index (χ4n) is 3.04. The van der Waals surface area contributed by atoms with Crippen LogP contribution in [0.3, 0.4) is 0 Å². The summed E-state index contributed by atoms with van der Waals surface area (Å²) < 4.78 is 6.23. The normalized spacial score (nSPS) is 22.0. The second-order valence-electron chi connectivity index (χ2n) is 5.86. The number of hydrogen-bond acceptors (Lipinski definition) is 3. The van der Waals surface area contributed by atoms with Crippen molar-refractivity contribution in [2.75, 3.05) is 20.1 Å². The fraction of sp³-hybridized carbons (Fsp3) is 0.316. The molecule has 22 heavy (non-hydrogen) atoms. The van der Waals surface area contributed by atoms with Crippen LogP contribution in [0.4, 0.5) is 0 Å². The average Bonchev–Trinajstić information content (AvgIpc) is 2.58. The zero-order chi connectivity index (χ0) is 15.4. The lowest BCUT2D eigenvalue weighted by Crippen LogP contribution is -2.42. The zero-order valence-corrected chi connectivity index (χ0v) is 12.8. The highest BCUT2D eigenvalue weighted by Crippen LogP contribution is 2.30. The van der Waals surface area contributed by atoms with Gasteiger partial charge in [-0.05, 0) is 43.3 Å². The quantitative estimate of drug-likeness (QED) is 0.869. The smallest absolute Gasteiger partial charge is 0.119 e. The summed E-state index contributed by atoms with van der Waals surface area (Å²) in [5, 5.41) is 8.87. The molecular formula is C19H20N2O. The summed E-state index contributed by atoms with van der Waals surface area (Å²) in [4.78, 5) is 2.36. The molecule has 2 unspecified atom stereocenters. The topological polar surface area (TPSA) is 36.3 Å². The first-order valence-electron chi connectivity index (χ1n) is 7.66. The van der Waals surface area contributed by atoms with E-state index in [0.29, 0.717) is 11.5 Å². The van der Waals surface area contributed by atoms with Crippen LogP contribution in [0.2, 0.25) is 0 Å². The molecule has 1 heterocycles. The predicted octanol–water partition coefficient (Wildman–Crippen LogP) is 3.42. The molecule has 1 aliphatic heterocycles. The highest BCUT2D eigenvalue weighted by atomic mass is 16.5. The minimum Gasteiger partial charge on any atom is -0.490 e. The molecule has 1 aliphatic rings. The monoisotopic (exact) mass is 292 g/mol. The first kappa shape index (κ1) is 14.6. The van der Waals surface area contributed by atoms with Gasteiger partial charge in [0.1, 0.15) is 11.9 Å². The molecule has 3 nitrogen and oxygen atoms in total. The van der Waals surface area contributed by atoms with Gasteiger partial charge in [0, 0.05) is 19.0 Å². The summed E-state index contributed by atoms with van der Waals surface area (Å²) in [5.74, 6) is 1.21. The van der Waals surface area contributed by atoms with Crippen molar-refractivity contribution in [1.82, 2.24) is 4.90 Å². The van der Waals surface area contributed by atoms with E-state index in [9.17, 15) is 0 Å². The van der Waals surface area contributed by atoms with E-state index >= 15 is 0 Å². The second kappa shape index (κ2) is 6.64. The Morgan fingerprint density at radius 2 is 1.82 bits per heavy atom. The van der Waals surface area contributed by atoms with Crippen molar-refractivity contribution in [2.24, 2.45) is 0 Å². The molecular weight excluding hydrogens is 272 g/mol. The summed E-state index contributed by atoms with van der Waals surface area (Å²) in [5.41, 5.74) is 1.99. The van der Waals surface area contributed by atoms with Crippen LogP contribution in [0.25, 0.3) is 0 Å². The van der Waals surface area contributed by atoms with Gasteiger partial charge in [0.15, 0.2) is 0 Å². The van der Waals surface area contributed by atoms with Crippen LogP contribution in [-0.2, 0) is 0 Å². The van der Waals surface area contributed by atoms with Crippen LogP contribution in [0.15, 0.2) is 54.6 Å². The molecule has 0 saturated carbocycles. The van der Waals surface area contributed by atoms with E-state index in [4.69, 9.17) is 10.00 Å². The fourth-order valence-corrected chi connectivity index (χ4v) is 3.04. The maximum Gasteiger partial charge on any atom is 0.119 e. The zero-order valence-electron chi connectivity index (χ0n) is 12.8. The number of nitriles is 1. The number of piperidine rings is 1. The summed E-state index contributed by atoms with van der Waals surface area (Å²) >= 11 is 0. The molecule has 3 heteroatoms. The van der Waals surface area contributed by atoms with Crippen molar-refractivity contribution < 1.29 is 4.74 Å². The Morgan fingerprint density at radius 1 is 1.09 bits per heavy atom. The van der Waals surface area contributed by atoms with Crippen LogP contribution >= 0.6 is 0 Å². The van der Waals surface area contributed by atoms with Gasteiger partial charge < -0.3 is 9.64 Å². The van der Waals surface area contributed by atoms with E-state index in [2.05, 4.69) is 42.3 Å². The number of benzene rings is 2. The Bertz CT molecular complexity index is 645. The van der Waals surface area contributed by atoms with E-state index in [1.54, 1.807) is 0 Å². The molecule has 0 aromatic heterocycles. The number of likely N-dealkylation sites (tertiary alicyclic amines) is 1. The molecule has 0 N–H and O–H groups in total. The SMILES string of the molecule is CN1CCC(Oc2ccc(C#N)cc2)C(c2ccccc2)C1. The van der Waals surface area contributed by atoms with Gasteiger partial charge in [-0.15, -0.1) is 0 Å². The summed E-state index contributed by atoms with van der Waals surface area (Å²) in [6.07, 6.45) is 1.18. The van der Waals surface area contributed by atoms with Crippen molar-refractivity contribution in [3.05, 3.63) is 65.7 Å². The van der Waals surface area contributed by atoms with E-state index in [1.165, 1.54) is 5.56 Å². The van der Waals surface area contributed by atoms with Gasteiger partial charge in [0.2, 0.25) is 0 Å². The molecule has 0 spiro atoms. The molecule has 112 valence electrons. The standard InChI is InChI=1S/C19H20N2O/c1-21-12-11-19(18(14-21)16-5-3-2-4-6-16)22-17-9-7-15(13-20)8-10-17/h2-10,18-19H,11-12,14H2,1H3. The number of likely N-dealkylation sites (N-methyl/N-ethyl adjacent to an activating group) is 1. The first-order valence-corrected chi connectivity index (χ1v) is 7.66. The molecule has 0 bridgehead atoms. The number of nitrogens with zero attached hydrogens (tertiary/aromatic N) is 2. The van der Waals surface area contributed by atoms with Crippen molar-refractivity contribution in [2.45, 2.75) is 18.4 Å². The molecule has 1 saturated heterocycles. The Hall–Kier alpha value is -2.31. The van der Waals surface area contributed by atoms with Gasteiger partial charge in [-0.2, -0.15) is 5.26 Å². The highest BCUT2D eigenvalue weighted by Gasteiger charge is 2.30. The highest BCUT2D eigenvalue weighted by molar-refractivity contribution is 5.35. The van der Waals surface area contributed by atoms with Gasteiger partial charge in [-0.3, -0.25) is 0 Å². The summed E-state index contributed by atoms with van der Waals surface area (Å²) in [6.45, 7) is 2.05. The molecule has 2 atom stereocenters. The third-order valence-corrected chi connectivity index (χ3v) is 4.25. The van der Waals surface area contributed by atoms with E-state index in [-0.39, 0.29) is 6.10 Å². The molecule has 2 aromatic carbocycles. The molecule has 2 aromatic rings. The van der Waals surface area contributed by atoms with Crippen molar-refractivity contribution in [3.63, 3.8) is 0 Å². The van der Waals surface area contributed by atoms with Gasteiger partial charge in [-0.25, -0.2) is 0 Å². The van der Waals surface area contributed by atoms with Gasteiger partial charge in [0.25, 0.3) is 0 Å². The largest absolute Gasteiger partial charge is 0.490 e. The Kier molecular flexibility index (Phi) is 4.41. The number of ether oxygens (including phenoxy) is 1. The average molecular weight is 292 g/mol. The number of hydrogen-bond donors (Lipinski definition) is 0. The second-order valence-corrected chi connectivity index (χ2v) is 5.86. The molecule has 3 rings (SSSR count). The third-order valence-electron chi connectivity index (χ3n) is 4.25. The lowest BCUT2D eigenvalue weighted by atomic mass is 9.88. The maximum atomic E-state index is 8.87. The van der Waals surface area contributed by atoms with Crippen LogP contribution in [0, 0.1) is 11.3 Å². The van der Waals surface area contributed by atoms with Crippen LogP contribution < -0.4 is 4.74 Å². The van der Waals surface area contributed by atoms with Crippen LogP contribution in [0.5, 0.6) is 5.75 Å². The van der Waals surface area contributed by atoms with Crippen molar-refractivity contribution >= 4 is 0 Å². The minimum atomic E-state index is 0.173. The summed E-state index contributed by atoms with van der Waals surface area (Å²) in [7, 11) is 2.16. The van der Waals surface area contributed by atoms with Gasteiger partial charge >= 0.3 is 0 Å².